The molecule has 1 aromatic carbocycles. The zero-order valence-electron chi connectivity index (χ0n) is 10.9. The molecule has 5 heteroatoms. The normalized spacial score (nSPS) is 22.6. The van der Waals surface area contributed by atoms with Gasteiger partial charge in [-0.15, -0.1) is 0 Å². The number of hydrogen-bond donors (Lipinski definition) is 2. The molecule has 102 valence electrons. The van der Waals surface area contributed by atoms with Crippen molar-refractivity contribution in [3.05, 3.63) is 24.3 Å². The van der Waals surface area contributed by atoms with Gasteiger partial charge < -0.3 is 15.4 Å². The summed E-state index contributed by atoms with van der Waals surface area (Å²) in [6.45, 7) is 4.16. The average molecular weight is 261 g/mol. The van der Waals surface area contributed by atoms with Crippen LogP contribution in [0.3, 0.4) is 0 Å². The van der Waals surface area contributed by atoms with E-state index in [0.717, 1.165) is 50.6 Å². The van der Waals surface area contributed by atoms with Crippen LogP contribution >= 0.6 is 0 Å². The molecular weight excluding hydrogens is 242 g/mol. The number of ether oxygens (including phenoxy) is 1. The Bertz CT molecular complexity index is 441. The molecule has 0 aromatic heterocycles. The first-order chi connectivity index (χ1) is 9.33. The van der Waals surface area contributed by atoms with Gasteiger partial charge in [-0.2, -0.15) is 0 Å². The van der Waals surface area contributed by atoms with E-state index in [1.807, 2.05) is 24.3 Å². The first-order valence-corrected chi connectivity index (χ1v) is 6.80. The van der Waals surface area contributed by atoms with Gasteiger partial charge in [0, 0.05) is 43.5 Å². The number of anilines is 2. The maximum atomic E-state index is 11.5. The van der Waals surface area contributed by atoms with E-state index in [-0.39, 0.29) is 6.03 Å². The Morgan fingerprint density at radius 3 is 2.84 bits per heavy atom. The summed E-state index contributed by atoms with van der Waals surface area (Å²) < 4.78 is 5.35. The third-order valence-electron chi connectivity index (χ3n) is 3.65. The van der Waals surface area contributed by atoms with Gasteiger partial charge in [0.25, 0.3) is 0 Å². The van der Waals surface area contributed by atoms with Crippen LogP contribution in [0.15, 0.2) is 24.3 Å². The summed E-state index contributed by atoms with van der Waals surface area (Å²) in [5, 5.41) is 6.22. The lowest BCUT2D eigenvalue weighted by atomic mass is 10.1. The van der Waals surface area contributed by atoms with Crippen molar-refractivity contribution in [1.29, 1.82) is 0 Å². The van der Waals surface area contributed by atoms with Crippen LogP contribution in [0.2, 0.25) is 0 Å². The maximum absolute atomic E-state index is 11.5. The lowest BCUT2D eigenvalue weighted by molar-refractivity contribution is 0.187. The minimum atomic E-state index is -0.0104. The highest BCUT2D eigenvalue weighted by molar-refractivity contribution is 5.94. The number of rotatable bonds is 4. The second-order valence-electron chi connectivity index (χ2n) is 5.04. The molecule has 2 saturated heterocycles. The van der Waals surface area contributed by atoms with Gasteiger partial charge in [0.2, 0.25) is 0 Å². The van der Waals surface area contributed by atoms with Gasteiger partial charge in [0.15, 0.2) is 0 Å². The standard InChI is InChI=1S/C14H19N3O2/c18-14-15-6-7-17(14)13-3-1-12(2-4-13)16-9-11-5-8-19-10-11/h1-4,11,16H,5-10H2,(H,15,18). The van der Waals surface area contributed by atoms with Crippen molar-refractivity contribution in [3.8, 4) is 0 Å². The third-order valence-corrected chi connectivity index (χ3v) is 3.65. The maximum Gasteiger partial charge on any atom is 0.321 e. The SMILES string of the molecule is O=C1NCCN1c1ccc(NCC2CCOC2)cc1. The van der Waals surface area contributed by atoms with E-state index in [1.165, 1.54) is 0 Å². The van der Waals surface area contributed by atoms with Crippen LogP contribution in [0, 0.1) is 5.92 Å². The van der Waals surface area contributed by atoms with Gasteiger partial charge in [0.1, 0.15) is 0 Å². The summed E-state index contributed by atoms with van der Waals surface area (Å²) in [6, 6.07) is 8.01. The molecule has 1 atom stereocenters. The van der Waals surface area contributed by atoms with Crippen molar-refractivity contribution in [2.45, 2.75) is 6.42 Å². The van der Waals surface area contributed by atoms with Crippen molar-refractivity contribution in [2.24, 2.45) is 5.92 Å². The zero-order chi connectivity index (χ0) is 13.1. The summed E-state index contributed by atoms with van der Waals surface area (Å²) in [5.74, 6) is 0.615. The summed E-state index contributed by atoms with van der Waals surface area (Å²) in [4.78, 5) is 13.3. The molecule has 0 radical (unpaired) electrons. The van der Waals surface area contributed by atoms with Crippen LogP contribution in [0.25, 0.3) is 0 Å². The molecular formula is C14H19N3O2. The quantitative estimate of drug-likeness (QED) is 0.866. The van der Waals surface area contributed by atoms with Crippen molar-refractivity contribution in [1.82, 2.24) is 5.32 Å². The number of nitrogens with zero attached hydrogens (tertiary/aromatic N) is 1. The minimum absolute atomic E-state index is 0.0104. The molecule has 0 saturated carbocycles. The molecule has 19 heavy (non-hydrogen) atoms. The Hall–Kier alpha value is -1.75. The van der Waals surface area contributed by atoms with Crippen LogP contribution < -0.4 is 15.5 Å². The zero-order valence-corrected chi connectivity index (χ0v) is 10.9. The van der Waals surface area contributed by atoms with Crippen LogP contribution in [-0.2, 0) is 4.74 Å². The Labute approximate surface area is 112 Å². The highest BCUT2D eigenvalue weighted by Crippen LogP contribution is 2.20. The van der Waals surface area contributed by atoms with Gasteiger partial charge >= 0.3 is 6.03 Å². The number of nitrogens with one attached hydrogen (secondary N) is 2. The molecule has 2 aliphatic rings. The number of urea groups is 1. The van der Waals surface area contributed by atoms with E-state index in [4.69, 9.17) is 4.74 Å². The molecule has 0 aliphatic carbocycles. The van der Waals surface area contributed by atoms with Gasteiger partial charge in [0.05, 0.1) is 6.61 Å². The lowest BCUT2D eigenvalue weighted by Gasteiger charge is -2.15. The first-order valence-electron chi connectivity index (χ1n) is 6.80. The Morgan fingerprint density at radius 1 is 1.37 bits per heavy atom. The second kappa shape index (κ2) is 5.48. The van der Waals surface area contributed by atoms with E-state index >= 15 is 0 Å². The molecule has 2 N–H and O–H groups in total. The Morgan fingerprint density at radius 2 is 2.21 bits per heavy atom. The molecule has 3 rings (SSSR count). The fourth-order valence-electron chi connectivity index (χ4n) is 2.48. The highest BCUT2D eigenvalue weighted by atomic mass is 16.5. The van der Waals surface area contributed by atoms with Crippen LogP contribution in [0.4, 0.5) is 16.2 Å². The smallest absolute Gasteiger partial charge is 0.321 e. The number of amides is 2. The molecule has 2 aliphatic heterocycles. The van der Waals surface area contributed by atoms with Gasteiger partial charge in [-0.05, 0) is 30.7 Å². The van der Waals surface area contributed by atoms with Crippen LogP contribution in [0.1, 0.15) is 6.42 Å². The molecule has 0 spiro atoms. The second-order valence-corrected chi connectivity index (χ2v) is 5.04. The molecule has 5 nitrogen and oxygen atoms in total. The molecule has 1 aromatic rings. The minimum Gasteiger partial charge on any atom is -0.385 e. The van der Waals surface area contributed by atoms with Crippen LogP contribution in [0.5, 0.6) is 0 Å². The molecule has 2 fully saturated rings. The summed E-state index contributed by atoms with van der Waals surface area (Å²) in [6.07, 6.45) is 1.14. The van der Waals surface area contributed by atoms with Gasteiger partial charge in [-0.3, -0.25) is 4.90 Å². The summed E-state index contributed by atoms with van der Waals surface area (Å²) >= 11 is 0. The molecule has 0 bridgehead atoms. The van der Waals surface area contributed by atoms with Crippen molar-refractivity contribution in [3.63, 3.8) is 0 Å². The average Bonchev–Trinajstić information content (AvgIpc) is 3.08. The molecule has 2 heterocycles. The Kier molecular flexibility index (Phi) is 3.55. The number of carbonyl (C=O) groups excluding carboxylic acids is 1. The predicted octanol–water partition coefficient (Wildman–Crippen LogP) is 1.66. The Balaban J connectivity index is 1.57. The molecule has 2 amide bonds. The summed E-state index contributed by atoms with van der Waals surface area (Å²) in [7, 11) is 0. The van der Waals surface area contributed by atoms with E-state index in [9.17, 15) is 4.79 Å². The van der Waals surface area contributed by atoms with E-state index in [1.54, 1.807) is 4.90 Å². The predicted molar refractivity (Wildman–Crippen MR) is 74.6 cm³/mol. The number of hydrogen-bond acceptors (Lipinski definition) is 3. The van der Waals surface area contributed by atoms with E-state index in [2.05, 4.69) is 10.6 Å². The van der Waals surface area contributed by atoms with Gasteiger partial charge in [-0.1, -0.05) is 0 Å². The number of benzene rings is 1. The molecule has 1 unspecified atom stereocenters. The number of carbonyl (C=O) groups is 1. The summed E-state index contributed by atoms with van der Waals surface area (Å²) in [5.41, 5.74) is 2.04. The third kappa shape index (κ3) is 2.81. The van der Waals surface area contributed by atoms with Crippen LogP contribution in [-0.4, -0.2) is 38.9 Å². The van der Waals surface area contributed by atoms with Gasteiger partial charge in [-0.25, -0.2) is 4.79 Å². The van der Waals surface area contributed by atoms with Crippen molar-refractivity contribution >= 4 is 17.4 Å². The lowest BCUT2D eigenvalue weighted by Crippen LogP contribution is -2.27. The largest absolute Gasteiger partial charge is 0.385 e. The fourth-order valence-corrected chi connectivity index (χ4v) is 2.48. The van der Waals surface area contributed by atoms with Crippen molar-refractivity contribution in [2.75, 3.05) is 43.1 Å². The fraction of sp³-hybridized carbons (Fsp3) is 0.500. The monoisotopic (exact) mass is 261 g/mol. The van der Waals surface area contributed by atoms with E-state index in [0.29, 0.717) is 5.92 Å². The first kappa shape index (κ1) is 12.3. The highest BCUT2D eigenvalue weighted by Gasteiger charge is 2.20. The van der Waals surface area contributed by atoms with E-state index < -0.39 is 0 Å². The van der Waals surface area contributed by atoms with Crippen molar-refractivity contribution < 1.29 is 9.53 Å². The topological polar surface area (TPSA) is 53.6 Å².